The first kappa shape index (κ1) is 36.0. The van der Waals surface area contributed by atoms with Gasteiger partial charge >= 0.3 is 11.9 Å². The maximum absolute atomic E-state index is 12.3. The molecule has 9 nitrogen and oxygen atoms in total. The number of hydrogen-bond acceptors (Lipinski definition) is 8. The van der Waals surface area contributed by atoms with Crippen LogP contribution >= 0.6 is 7.82 Å². The fraction of sp³-hybridized carbons (Fsp3) is 0.643. The van der Waals surface area contributed by atoms with Crippen molar-refractivity contribution in [1.29, 1.82) is 0 Å². The van der Waals surface area contributed by atoms with Gasteiger partial charge in [0.05, 0.1) is 27.7 Å². The van der Waals surface area contributed by atoms with E-state index < -0.39 is 32.5 Å². The third-order valence-electron chi connectivity index (χ3n) is 4.85. The molecule has 0 aromatic heterocycles. The fourth-order valence-corrected chi connectivity index (χ4v) is 3.49. The lowest BCUT2D eigenvalue weighted by atomic mass is 10.2. The van der Waals surface area contributed by atoms with Gasteiger partial charge in [-0.15, -0.1) is 0 Å². The summed E-state index contributed by atoms with van der Waals surface area (Å²) in [5, 5.41) is 0. The van der Waals surface area contributed by atoms with Crippen molar-refractivity contribution >= 4 is 19.8 Å². The van der Waals surface area contributed by atoms with Crippen LogP contribution in [0, 0.1) is 0 Å². The van der Waals surface area contributed by atoms with Gasteiger partial charge in [-0.25, -0.2) is 0 Å². The Hall–Kier alpha value is -2.03. The van der Waals surface area contributed by atoms with Crippen molar-refractivity contribution in [2.75, 3.05) is 47.5 Å². The van der Waals surface area contributed by atoms with Crippen LogP contribution in [0.5, 0.6) is 0 Å². The Morgan fingerprint density at radius 2 is 1.39 bits per heavy atom. The van der Waals surface area contributed by atoms with Gasteiger partial charge in [-0.3, -0.25) is 14.2 Å². The molecule has 0 bridgehead atoms. The van der Waals surface area contributed by atoms with Crippen LogP contribution in [0.2, 0.25) is 0 Å². The van der Waals surface area contributed by atoms with Crippen LogP contribution in [-0.2, 0) is 32.7 Å². The molecule has 0 aliphatic heterocycles. The van der Waals surface area contributed by atoms with Gasteiger partial charge in [0.15, 0.2) is 6.10 Å². The standard InChI is InChI=1S/C28H48NO8P/c1-6-8-9-10-11-12-13-14-15-16-17-18-19-21-28(31)37-26(24-34-27(30)20-7-2)25-36-38(32,33)35-23-22-29(3,4)5/h8-9,11-12,14-15,17-18,26H,6-7,10,13,16,19-25H2,1-5H3/b9-8-,12-11-,15-14-,18-17-. The minimum Gasteiger partial charge on any atom is -0.756 e. The van der Waals surface area contributed by atoms with Crippen LogP contribution in [0.4, 0.5) is 0 Å². The molecule has 0 fully saturated rings. The van der Waals surface area contributed by atoms with Gasteiger partial charge in [0.25, 0.3) is 7.82 Å². The SMILES string of the molecule is CC/C=C\C/C=C\C/C=C\C/C=C\CCC(=O)OC(COC(=O)CCC)COP(=O)([O-])OCC[N+](C)(C)C. The number of rotatable bonds is 22. The molecule has 0 aromatic carbocycles. The van der Waals surface area contributed by atoms with E-state index in [2.05, 4.69) is 43.4 Å². The zero-order chi connectivity index (χ0) is 28.7. The number of ether oxygens (including phenoxy) is 2. The molecular formula is C28H48NO8P. The average molecular weight is 558 g/mol. The lowest BCUT2D eigenvalue weighted by Crippen LogP contribution is -2.37. The number of hydrogen-bond donors (Lipinski definition) is 0. The van der Waals surface area contributed by atoms with Gasteiger partial charge in [-0.05, 0) is 38.5 Å². The Labute approximate surface area is 229 Å². The van der Waals surface area contributed by atoms with Crippen LogP contribution in [0.1, 0.15) is 65.2 Å². The number of nitrogens with zero attached hydrogens (tertiary/aromatic N) is 1. The van der Waals surface area contributed by atoms with E-state index in [9.17, 15) is 19.0 Å². The number of carbonyl (C=O) groups is 2. The molecule has 0 heterocycles. The third kappa shape index (κ3) is 24.3. The summed E-state index contributed by atoms with van der Waals surface area (Å²) < 4.78 is 32.8. The molecule has 0 amide bonds. The molecule has 0 aromatic rings. The van der Waals surface area contributed by atoms with Crippen LogP contribution in [-0.4, -0.2) is 70.0 Å². The average Bonchev–Trinajstić information content (AvgIpc) is 2.83. The summed E-state index contributed by atoms with van der Waals surface area (Å²) in [6.45, 7) is 3.56. The lowest BCUT2D eigenvalue weighted by Gasteiger charge is -2.28. The third-order valence-corrected chi connectivity index (χ3v) is 5.81. The first-order valence-electron chi connectivity index (χ1n) is 13.3. The van der Waals surface area contributed by atoms with E-state index in [1.807, 2.05) is 40.2 Å². The summed E-state index contributed by atoms with van der Waals surface area (Å²) in [4.78, 5) is 36.0. The molecule has 0 saturated carbocycles. The molecule has 0 rings (SSSR count). The highest BCUT2D eigenvalue weighted by molar-refractivity contribution is 7.45. The molecule has 0 spiro atoms. The van der Waals surface area contributed by atoms with Crippen molar-refractivity contribution in [2.45, 2.75) is 71.3 Å². The van der Waals surface area contributed by atoms with Gasteiger partial charge in [-0.2, -0.15) is 0 Å². The van der Waals surface area contributed by atoms with Crippen LogP contribution in [0.25, 0.3) is 0 Å². The fourth-order valence-electron chi connectivity index (χ4n) is 2.76. The van der Waals surface area contributed by atoms with Crippen LogP contribution < -0.4 is 4.89 Å². The summed E-state index contributed by atoms with van der Waals surface area (Å²) in [5.74, 6) is -1.00. The lowest BCUT2D eigenvalue weighted by molar-refractivity contribution is -0.870. The Kier molecular flexibility index (Phi) is 20.7. The Morgan fingerprint density at radius 3 is 1.95 bits per heavy atom. The summed E-state index contributed by atoms with van der Waals surface area (Å²) in [5.41, 5.74) is 0. The number of carbonyl (C=O) groups excluding carboxylic acids is 2. The van der Waals surface area contributed by atoms with Gasteiger partial charge in [0.1, 0.15) is 19.8 Å². The minimum absolute atomic E-state index is 0.0465. The topological polar surface area (TPSA) is 111 Å². The summed E-state index contributed by atoms with van der Waals surface area (Å²) in [7, 11) is 1.10. The smallest absolute Gasteiger partial charge is 0.306 e. The number of likely N-dealkylation sites (N-methyl/N-ethyl adjacent to an activating group) is 1. The minimum atomic E-state index is -4.60. The van der Waals surface area contributed by atoms with E-state index >= 15 is 0 Å². The van der Waals surface area contributed by atoms with Gasteiger partial charge in [0, 0.05) is 12.8 Å². The molecule has 0 radical (unpaired) electrons. The van der Waals surface area contributed by atoms with Crippen molar-refractivity contribution in [3.8, 4) is 0 Å². The molecule has 2 atom stereocenters. The molecule has 2 unspecified atom stereocenters. The zero-order valence-corrected chi connectivity index (χ0v) is 24.7. The maximum Gasteiger partial charge on any atom is 0.306 e. The van der Waals surface area contributed by atoms with Crippen molar-refractivity contribution in [3.05, 3.63) is 48.6 Å². The number of phosphoric acid groups is 1. The quantitative estimate of drug-likeness (QED) is 0.0788. The van der Waals surface area contributed by atoms with E-state index in [0.29, 0.717) is 23.9 Å². The second kappa shape index (κ2) is 21.9. The van der Waals surface area contributed by atoms with E-state index in [1.54, 1.807) is 0 Å². The van der Waals surface area contributed by atoms with Crippen molar-refractivity contribution < 1.29 is 42.1 Å². The van der Waals surface area contributed by atoms with Gasteiger partial charge in [0.2, 0.25) is 0 Å². The molecule has 38 heavy (non-hydrogen) atoms. The highest BCUT2D eigenvalue weighted by Gasteiger charge is 2.21. The van der Waals surface area contributed by atoms with Crippen molar-refractivity contribution in [3.63, 3.8) is 0 Å². The Morgan fingerprint density at radius 1 is 0.816 bits per heavy atom. The maximum atomic E-state index is 12.3. The summed E-state index contributed by atoms with van der Waals surface area (Å²) in [6, 6.07) is 0. The molecule has 0 saturated heterocycles. The van der Waals surface area contributed by atoms with E-state index in [4.69, 9.17) is 18.5 Å². The molecular weight excluding hydrogens is 509 g/mol. The van der Waals surface area contributed by atoms with Crippen LogP contribution in [0.15, 0.2) is 48.6 Å². The summed E-state index contributed by atoms with van der Waals surface area (Å²) >= 11 is 0. The van der Waals surface area contributed by atoms with Crippen molar-refractivity contribution in [1.82, 2.24) is 0 Å². The highest BCUT2D eigenvalue weighted by atomic mass is 31.2. The zero-order valence-electron chi connectivity index (χ0n) is 23.8. The molecule has 218 valence electrons. The first-order chi connectivity index (χ1) is 18.0. The highest BCUT2D eigenvalue weighted by Crippen LogP contribution is 2.38. The van der Waals surface area contributed by atoms with Crippen LogP contribution in [0.3, 0.4) is 0 Å². The predicted octanol–water partition coefficient (Wildman–Crippen LogP) is 5.03. The van der Waals surface area contributed by atoms with E-state index in [1.165, 1.54) is 0 Å². The first-order valence-corrected chi connectivity index (χ1v) is 14.8. The Bertz CT molecular complexity index is 814. The number of quaternary nitrogens is 1. The predicted molar refractivity (Wildman–Crippen MR) is 148 cm³/mol. The largest absolute Gasteiger partial charge is 0.756 e. The van der Waals surface area contributed by atoms with E-state index in [-0.39, 0.29) is 26.1 Å². The molecule has 0 aliphatic carbocycles. The van der Waals surface area contributed by atoms with Gasteiger partial charge in [-0.1, -0.05) is 62.5 Å². The monoisotopic (exact) mass is 557 g/mol. The van der Waals surface area contributed by atoms with E-state index in [0.717, 1.165) is 25.7 Å². The number of phosphoric ester groups is 1. The second-order valence-electron chi connectivity index (χ2n) is 9.67. The van der Waals surface area contributed by atoms with Crippen molar-refractivity contribution in [2.24, 2.45) is 0 Å². The second-order valence-corrected chi connectivity index (χ2v) is 11.1. The van der Waals surface area contributed by atoms with Gasteiger partial charge < -0.3 is 27.9 Å². The molecule has 10 heteroatoms. The summed E-state index contributed by atoms with van der Waals surface area (Å²) in [6.07, 6.45) is 20.5. The molecule has 0 N–H and O–H groups in total. The number of esters is 2. The normalized spacial score (nSPS) is 15.0. The number of allylic oxidation sites excluding steroid dienone is 8. The Balaban J connectivity index is 4.52. The molecule has 0 aliphatic rings.